The zero-order chi connectivity index (χ0) is 47.1. The van der Waals surface area contributed by atoms with E-state index in [2.05, 4.69) is 246 Å². The minimum atomic E-state index is -0.00255. The number of hydrogen-bond donors (Lipinski definition) is 0. The molecule has 342 valence electrons. The molecular formula is C66H66O2. The standard InChI is InChI=1S/C66H66O2/c1-6-7-42-66(3,4)63-47-60(49(2)44-51-21-12-8-13-22-51)64(48-65(63)67-5)68-43-20-23-50-30-40-59(41-31-50)62(58-28-18-11-19-29-58)46-53-34-38-55(39-35-53)54-36-32-52(33-37-54)45-61(56-24-14-9-15-25-56)57-26-16-10-17-27-57/h8-19,21-22,24-41,45-49H,6-7,20,23,42-44H2,1-5H3/b62-46-. The topological polar surface area (TPSA) is 18.5 Å². The van der Waals surface area contributed by atoms with Crippen LogP contribution in [0.3, 0.4) is 0 Å². The summed E-state index contributed by atoms with van der Waals surface area (Å²) < 4.78 is 12.7. The number of rotatable bonds is 20. The van der Waals surface area contributed by atoms with Gasteiger partial charge in [0.1, 0.15) is 11.5 Å². The van der Waals surface area contributed by atoms with Crippen LogP contribution in [0.25, 0.3) is 34.4 Å². The lowest BCUT2D eigenvalue weighted by atomic mass is 9.77. The van der Waals surface area contributed by atoms with Gasteiger partial charge in [-0.2, -0.15) is 0 Å². The fraction of sp³-hybridized carbons (Fsp3) is 0.212. The molecule has 0 amide bonds. The molecule has 0 aliphatic heterocycles. The Bertz CT molecular complexity index is 2820. The van der Waals surface area contributed by atoms with Crippen molar-refractivity contribution in [3.05, 3.63) is 262 Å². The van der Waals surface area contributed by atoms with Gasteiger partial charge in [-0.15, -0.1) is 0 Å². The van der Waals surface area contributed by atoms with E-state index in [0.717, 1.165) is 42.7 Å². The van der Waals surface area contributed by atoms with Gasteiger partial charge in [-0.3, -0.25) is 0 Å². The van der Waals surface area contributed by atoms with Crippen LogP contribution in [-0.4, -0.2) is 13.7 Å². The normalized spacial score (nSPS) is 12.0. The molecule has 0 radical (unpaired) electrons. The molecule has 1 unspecified atom stereocenters. The van der Waals surface area contributed by atoms with Crippen molar-refractivity contribution < 1.29 is 9.47 Å². The highest BCUT2D eigenvalue weighted by atomic mass is 16.5. The Labute approximate surface area is 406 Å². The fourth-order valence-electron chi connectivity index (χ4n) is 9.32. The van der Waals surface area contributed by atoms with E-state index in [1.54, 1.807) is 7.11 Å². The molecule has 68 heavy (non-hydrogen) atoms. The Balaban J connectivity index is 0.954. The van der Waals surface area contributed by atoms with E-state index in [-0.39, 0.29) is 11.3 Å². The average molecular weight is 891 g/mol. The van der Waals surface area contributed by atoms with Crippen LogP contribution >= 0.6 is 0 Å². The van der Waals surface area contributed by atoms with Gasteiger partial charge in [0.25, 0.3) is 0 Å². The summed E-state index contributed by atoms with van der Waals surface area (Å²) >= 11 is 0. The molecule has 0 saturated carbocycles. The molecule has 2 heteroatoms. The molecule has 0 heterocycles. The molecule has 0 saturated heterocycles. The number of methoxy groups -OCH3 is 1. The van der Waals surface area contributed by atoms with Crippen molar-refractivity contribution in [1.82, 2.24) is 0 Å². The minimum absolute atomic E-state index is 0.00255. The van der Waals surface area contributed by atoms with Gasteiger partial charge in [0, 0.05) is 11.6 Å². The lowest BCUT2D eigenvalue weighted by Crippen LogP contribution is -2.19. The smallest absolute Gasteiger partial charge is 0.126 e. The summed E-state index contributed by atoms with van der Waals surface area (Å²) in [6.07, 6.45) is 10.9. The molecule has 0 N–H and O–H groups in total. The molecular weight excluding hydrogens is 825 g/mol. The van der Waals surface area contributed by atoms with Crippen molar-refractivity contribution in [3.8, 4) is 22.6 Å². The minimum Gasteiger partial charge on any atom is -0.496 e. The van der Waals surface area contributed by atoms with Gasteiger partial charge in [0.05, 0.1) is 13.7 Å². The highest BCUT2D eigenvalue weighted by molar-refractivity contribution is 5.93. The summed E-state index contributed by atoms with van der Waals surface area (Å²) in [5.41, 5.74) is 17.1. The quantitative estimate of drug-likeness (QED) is 0.0561. The van der Waals surface area contributed by atoms with Crippen molar-refractivity contribution in [2.45, 2.75) is 77.6 Å². The Morgan fingerprint density at radius 2 is 0.985 bits per heavy atom. The van der Waals surface area contributed by atoms with E-state index in [1.807, 2.05) is 0 Å². The van der Waals surface area contributed by atoms with Gasteiger partial charge in [-0.1, -0.05) is 235 Å². The third kappa shape index (κ3) is 12.2. The van der Waals surface area contributed by atoms with Crippen LogP contribution in [0.1, 0.15) is 115 Å². The molecule has 0 aromatic heterocycles. The first kappa shape index (κ1) is 47.3. The van der Waals surface area contributed by atoms with Crippen molar-refractivity contribution in [2.24, 2.45) is 0 Å². The lowest BCUT2D eigenvalue weighted by molar-refractivity contribution is 0.302. The number of aryl methyl sites for hydroxylation is 1. The first-order chi connectivity index (χ1) is 33.3. The summed E-state index contributed by atoms with van der Waals surface area (Å²) in [5, 5.41) is 0. The van der Waals surface area contributed by atoms with E-state index < -0.39 is 0 Å². The Morgan fingerprint density at radius 3 is 1.46 bits per heavy atom. The predicted octanol–water partition coefficient (Wildman–Crippen LogP) is 17.4. The van der Waals surface area contributed by atoms with Gasteiger partial charge in [-0.05, 0) is 128 Å². The number of hydrogen-bond acceptors (Lipinski definition) is 2. The molecule has 0 bridgehead atoms. The molecule has 0 fully saturated rings. The third-order valence-corrected chi connectivity index (χ3v) is 13.3. The van der Waals surface area contributed by atoms with Crippen molar-refractivity contribution in [2.75, 3.05) is 13.7 Å². The molecule has 8 rings (SSSR count). The van der Waals surface area contributed by atoms with E-state index in [0.29, 0.717) is 6.61 Å². The van der Waals surface area contributed by atoms with Crippen molar-refractivity contribution in [1.29, 1.82) is 0 Å². The maximum absolute atomic E-state index is 6.69. The molecule has 8 aromatic rings. The zero-order valence-corrected chi connectivity index (χ0v) is 40.6. The number of unbranched alkanes of at least 4 members (excludes halogenated alkanes) is 1. The Morgan fingerprint density at radius 1 is 0.515 bits per heavy atom. The van der Waals surface area contributed by atoms with E-state index in [4.69, 9.17) is 9.47 Å². The summed E-state index contributed by atoms with van der Waals surface area (Å²) in [6.45, 7) is 9.92. The van der Waals surface area contributed by atoms with Crippen LogP contribution < -0.4 is 9.47 Å². The maximum atomic E-state index is 6.69. The summed E-state index contributed by atoms with van der Waals surface area (Å²) in [6, 6.07) is 74.2. The SMILES string of the molecule is CCCCC(C)(C)c1cc(C(C)Cc2ccccc2)c(OCCCc2ccc(/C(=C\c3ccc(-c4ccc(C=C(c5ccccc5)c5ccccc5)cc4)cc3)c3ccccc3)cc2)cc1OC. The second-order valence-electron chi connectivity index (χ2n) is 18.8. The summed E-state index contributed by atoms with van der Waals surface area (Å²) in [5.74, 6) is 2.14. The molecule has 1 atom stereocenters. The second-order valence-corrected chi connectivity index (χ2v) is 18.8. The molecule has 0 aliphatic rings. The van der Waals surface area contributed by atoms with Gasteiger partial charge in [-0.25, -0.2) is 0 Å². The van der Waals surface area contributed by atoms with Crippen molar-refractivity contribution >= 4 is 23.3 Å². The molecule has 2 nitrogen and oxygen atoms in total. The van der Waals surface area contributed by atoms with E-state index in [1.165, 1.54) is 85.2 Å². The maximum Gasteiger partial charge on any atom is 0.126 e. The highest BCUT2D eigenvalue weighted by Gasteiger charge is 2.27. The summed E-state index contributed by atoms with van der Waals surface area (Å²) in [4.78, 5) is 0. The van der Waals surface area contributed by atoms with Crippen LogP contribution in [0, 0.1) is 0 Å². The van der Waals surface area contributed by atoms with Crippen LogP contribution in [0.2, 0.25) is 0 Å². The van der Waals surface area contributed by atoms with Gasteiger partial charge in [0.2, 0.25) is 0 Å². The number of benzene rings is 8. The van der Waals surface area contributed by atoms with Crippen molar-refractivity contribution in [3.63, 3.8) is 0 Å². The largest absolute Gasteiger partial charge is 0.496 e. The lowest BCUT2D eigenvalue weighted by Gasteiger charge is -2.30. The van der Waals surface area contributed by atoms with Gasteiger partial charge < -0.3 is 9.47 Å². The molecule has 0 aliphatic carbocycles. The zero-order valence-electron chi connectivity index (χ0n) is 40.6. The van der Waals surface area contributed by atoms with Gasteiger partial charge >= 0.3 is 0 Å². The Hall–Kier alpha value is -7.16. The number of ether oxygens (including phenoxy) is 2. The Kier molecular flexibility index (Phi) is 16.0. The van der Waals surface area contributed by atoms with Crippen LogP contribution in [0.4, 0.5) is 0 Å². The van der Waals surface area contributed by atoms with E-state index in [9.17, 15) is 0 Å². The van der Waals surface area contributed by atoms with Gasteiger partial charge in [0.15, 0.2) is 0 Å². The van der Waals surface area contributed by atoms with Crippen LogP contribution in [0.5, 0.6) is 11.5 Å². The third-order valence-electron chi connectivity index (χ3n) is 13.3. The van der Waals surface area contributed by atoms with Crippen LogP contribution in [-0.2, 0) is 18.3 Å². The predicted molar refractivity (Wildman–Crippen MR) is 290 cm³/mol. The first-order valence-electron chi connectivity index (χ1n) is 24.6. The second kappa shape index (κ2) is 23.0. The van der Waals surface area contributed by atoms with Crippen LogP contribution in [0.15, 0.2) is 206 Å². The first-order valence-corrected chi connectivity index (χ1v) is 24.6. The average Bonchev–Trinajstić information content (AvgIpc) is 3.39. The molecule has 8 aromatic carbocycles. The highest BCUT2D eigenvalue weighted by Crippen LogP contribution is 2.42. The monoisotopic (exact) mass is 891 g/mol. The van der Waals surface area contributed by atoms with E-state index >= 15 is 0 Å². The molecule has 0 spiro atoms. The fourth-order valence-corrected chi connectivity index (χ4v) is 9.32. The summed E-state index contributed by atoms with van der Waals surface area (Å²) in [7, 11) is 1.79.